The van der Waals surface area contributed by atoms with Crippen LogP contribution in [-0.4, -0.2) is 48.7 Å². The standard InChI is InChI=1S/C36H38N4O6S/c1-27-12-8-9-15-29(27)25-38(34(24-28-13-4-2-5-14-28)36(42)37-30-16-10-11-17-30)35(41)26-39(31-20-22-32(23-21-31)40(43)44)47(45,46)33-18-6-3-7-19-33/h2-9,12-15,18-23,30,34H,10-11,16-17,24-26H2,1H3,(H,37,42)/t34-/m0/s1. The molecule has 1 atom stereocenters. The van der Waals surface area contributed by atoms with Crippen molar-refractivity contribution in [3.63, 3.8) is 0 Å². The molecule has 1 saturated carbocycles. The maximum absolute atomic E-state index is 14.6. The summed E-state index contributed by atoms with van der Waals surface area (Å²) in [6.07, 6.45) is 3.97. The minimum Gasteiger partial charge on any atom is -0.352 e. The van der Waals surface area contributed by atoms with E-state index in [4.69, 9.17) is 0 Å². The number of hydrogen-bond donors (Lipinski definition) is 1. The van der Waals surface area contributed by atoms with E-state index in [0.717, 1.165) is 46.7 Å². The molecule has 1 aliphatic carbocycles. The molecular weight excluding hydrogens is 616 g/mol. The number of non-ortho nitro benzene ring substituents is 1. The zero-order valence-electron chi connectivity index (χ0n) is 26.2. The van der Waals surface area contributed by atoms with Crippen molar-refractivity contribution < 1.29 is 22.9 Å². The highest BCUT2D eigenvalue weighted by Gasteiger charge is 2.35. The lowest BCUT2D eigenvalue weighted by atomic mass is 10.0. The first-order valence-corrected chi connectivity index (χ1v) is 17.1. The predicted octanol–water partition coefficient (Wildman–Crippen LogP) is 5.80. The van der Waals surface area contributed by atoms with Gasteiger partial charge < -0.3 is 10.2 Å². The van der Waals surface area contributed by atoms with Gasteiger partial charge in [-0.15, -0.1) is 0 Å². The Kier molecular flexibility index (Phi) is 10.7. The number of nitrogens with one attached hydrogen (secondary N) is 1. The number of nitro benzene ring substituents is 1. The number of amides is 2. The van der Waals surface area contributed by atoms with Crippen molar-refractivity contribution in [3.8, 4) is 0 Å². The Morgan fingerprint density at radius 2 is 1.47 bits per heavy atom. The summed E-state index contributed by atoms with van der Waals surface area (Å²) in [7, 11) is -4.30. The number of anilines is 1. The molecule has 10 nitrogen and oxygen atoms in total. The summed E-state index contributed by atoms with van der Waals surface area (Å²) in [5.41, 5.74) is 2.46. The summed E-state index contributed by atoms with van der Waals surface area (Å²) in [4.78, 5) is 40.9. The zero-order valence-corrected chi connectivity index (χ0v) is 27.0. The fraction of sp³-hybridized carbons (Fsp3) is 0.278. The molecule has 0 saturated heterocycles. The molecule has 47 heavy (non-hydrogen) atoms. The van der Waals surface area contributed by atoms with E-state index in [1.165, 1.54) is 41.3 Å². The maximum atomic E-state index is 14.6. The molecule has 0 unspecified atom stereocenters. The Balaban J connectivity index is 1.57. The number of rotatable bonds is 13. The van der Waals surface area contributed by atoms with Gasteiger partial charge in [-0.1, -0.05) is 85.6 Å². The van der Waals surface area contributed by atoms with E-state index in [0.29, 0.717) is 0 Å². The molecule has 5 rings (SSSR count). The average molecular weight is 655 g/mol. The minimum absolute atomic E-state index is 0.00579. The van der Waals surface area contributed by atoms with Gasteiger partial charge in [0.05, 0.1) is 15.5 Å². The molecule has 11 heteroatoms. The fourth-order valence-electron chi connectivity index (χ4n) is 5.88. The fourth-order valence-corrected chi connectivity index (χ4v) is 7.32. The predicted molar refractivity (Wildman–Crippen MR) is 180 cm³/mol. The van der Waals surface area contributed by atoms with E-state index in [1.54, 1.807) is 18.2 Å². The van der Waals surface area contributed by atoms with Crippen LogP contribution in [0, 0.1) is 17.0 Å². The van der Waals surface area contributed by atoms with Crippen molar-refractivity contribution in [2.75, 3.05) is 10.8 Å². The van der Waals surface area contributed by atoms with E-state index < -0.39 is 33.4 Å². The molecule has 0 heterocycles. The molecular formula is C36H38N4O6S. The van der Waals surface area contributed by atoms with Crippen LogP contribution in [0.3, 0.4) is 0 Å². The molecule has 2 amide bonds. The Morgan fingerprint density at radius 3 is 2.09 bits per heavy atom. The summed E-state index contributed by atoms with van der Waals surface area (Å²) in [6.45, 7) is 1.36. The normalized spacial score (nSPS) is 13.9. The highest BCUT2D eigenvalue weighted by molar-refractivity contribution is 7.92. The molecule has 0 spiro atoms. The first-order valence-electron chi connectivity index (χ1n) is 15.6. The van der Waals surface area contributed by atoms with Crippen LogP contribution in [0.25, 0.3) is 0 Å². The summed E-state index contributed by atoms with van der Waals surface area (Å²) in [5.74, 6) is -0.885. The monoisotopic (exact) mass is 654 g/mol. The molecule has 4 aromatic rings. The van der Waals surface area contributed by atoms with Crippen molar-refractivity contribution in [2.45, 2.75) is 62.6 Å². The van der Waals surface area contributed by atoms with Gasteiger partial charge in [-0.05, 0) is 60.7 Å². The molecule has 0 aromatic heterocycles. The van der Waals surface area contributed by atoms with Crippen molar-refractivity contribution in [1.82, 2.24) is 10.2 Å². The van der Waals surface area contributed by atoms with Crippen LogP contribution < -0.4 is 9.62 Å². The second-order valence-corrected chi connectivity index (χ2v) is 13.6. The van der Waals surface area contributed by atoms with Crippen molar-refractivity contribution in [3.05, 3.63) is 136 Å². The number of aryl methyl sites for hydroxylation is 1. The maximum Gasteiger partial charge on any atom is 0.269 e. The van der Waals surface area contributed by atoms with Gasteiger partial charge >= 0.3 is 0 Å². The van der Waals surface area contributed by atoms with Crippen LogP contribution in [0.4, 0.5) is 11.4 Å². The molecule has 1 aliphatic rings. The second-order valence-electron chi connectivity index (χ2n) is 11.7. The van der Waals surface area contributed by atoms with Crippen molar-refractivity contribution in [2.24, 2.45) is 0 Å². The molecule has 244 valence electrons. The lowest BCUT2D eigenvalue weighted by Crippen LogP contribution is -2.54. The van der Waals surface area contributed by atoms with Gasteiger partial charge in [-0.2, -0.15) is 0 Å². The number of hydrogen-bond acceptors (Lipinski definition) is 6. The molecule has 1 N–H and O–H groups in total. The number of sulfonamides is 1. The van der Waals surface area contributed by atoms with E-state index in [9.17, 15) is 28.1 Å². The van der Waals surface area contributed by atoms with Gasteiger partial charge in [0.2, 0.25) is 11.8 Å². The SMILES string of the molecule is Cc1ccccc1CN(C(=O)CN(c1ccc([N+](=O)[O-])cc1)S(=O)(=O)c1ccccc1)[C@@H](Cc1ccccc1)C(=O)NC1CCCC1. The molecule has 0 bridgehead atoms. The van der Waals surface area contributed by atoms with Crippen LogP contribution in [0.1, 0.15) is 42.4 Å². The van der Waals surface area contributed by atoms with Crippen LogP contribution in [-0.2, 0) is 32.6 Å². The number of carbonyl (C=O) groups excluding carboxylic acids is 2. The van der Waals surface area contributed by atoms with Gasteiger partial charge in [-0.3, -0.25) is 24.0 Å². The van der Waals surface area contributed by atoms with Gasteiger partial charge in [0, 0.05) is 31.1 Å². The first-order chi connectivity index (χ1) is 22.6. The molecule has 1 fully saturated rings. The second kappa shape index (κ2) is 15.0. The molecule has 0 aliphatic heterocycles. The van der Waals surface area contributed by atoms with E-state index in [2.05, 4.69) is 5.32 Å². The Morgan fingerprint density at radius 1 is 0.872 bits per heavy atom. The van der Waals surface area contributed by atoms with Crippen LogP contribution in [0.15, 0.2) is 114 Å². The summed E-state index contributed by atoms with van der Waals surface area (Å²) >= 11 is 0. The summed E-state index contributed by atoms with van der Waals surface area (Å²) in [5, 5.41) is 14.5. The third-order valence-electron chi connectivity index (χ3n) is 8.53. The van der Waals surface area contributed by atoms with Gasteiger partial charge in [0.1, 0.15) is 12.6 Å². The summed E-state index contributed by atoms with van der Waals surface area (Å²) in [6, 6.07) is 28.8. The number of carbonyl (C=O) groups is 2. The number of nitrogens with zero attached hydrogens (tertiary/aromatic N) is 3. The lowest BCUT2D eigenvalue weighted by molar-refractivity contribution is -0.384. The number of benzene rings is 4. The molecule has 0 radical (unpaired) electrons. The minimum atomic E-state index is -4.30. The van der Waals surface area contributed by atoms with E-state index >= 15 is 0 Å². The third-order valence-corrected chi connectivity index (χ3v) is 10.3. The van der Waals surface area contributed by atoms with Gasteiger partial charge in [-0.25, -0.2) is 8.42 Å². The van der Waals surface area contributed by atoms with Crippen molar-refractivity contribution >= 4 is 33.2 Å². The van der Waals surface area contributed by atoms with E-state index in [-0.39, 0.29) is 41.2 Å². The lowest BCUT2D eigenvalue weighted by Gasteiger charge is -2.34. The Labute approximate surface area is 275 Å². The Bertz CT molecular complexity index is 1790. The largest absolute Gasteiger partial charge is 0.352 e. The highest BCUT2D eigenvalue weighted by Crippen LogP contribution is 2.27. The molecule has 4 aromatic carbocycles. The Hall–Kier alpha value is -5.03. The smallest absolute Gasteiger partial charge is 0.269 e. The quantitative estimate of drug-likeness (QED) is 0.143. The van der Waals surface area contributed by atoms with Gasteiger partial charge in [0.15, 0.2) is 0 Å². The van der Waals surface area contributed by atoms with E-state index in [1.807, 2.05) is 61.5 Å². The first kappa shape index (κ1) is 33.3. The number of nitro groups is 1. The van der Waals surface area contributed by atoms with Crippen LogP contribution in [0.5, 0.6) is 0 Å². The van der Waals surface area contributed by atoms with Crippen molar-refractivity contribution in [1.29, 1.82) is 0 Å². The van der Waals surface area contributed by atoms with Crippen LogP contribution in [0.2, 0.25) is 0 Å². The van der Waals surface area contributed by atoms with Gasteiger partial charge in [0.25, 0.3) is 15.7 Å². The average Bonchev–Trinajstić information content (AvgIpc) is 3.60. The highest BCUT2D eigenvalue weighted by atomic mass is 32.2. The topological polar surface area (TPSA) is 130 Å². The van der Waals surface area contributed by atoms with Crippen LogP contribution >= 0.6 is 0 Å². The summed E-state index contributed by atoms with van der Waals surface area (Å²) < 4.78 is 29.1. The zero-order chi connectivity index (χ0) is 33.4. The third kappa shape index (κ3) is 8.23.